The van der Waals surface area contributed by atoms with Crippen molar-refractivity contribution in [3.8, 4) is 23.1 Å². The smallest absolute Gasteiger partial charge is 0.269 e. The number of non-ortho nitro benzene ring substituents is 1. The highest BCUT2D eigenvalue weighted by molar-refractivity contribution is 8.00. The number of nitro benzene ring substituents is 1. The van der Waals surface area contributed by atoms with E-state index in [0.29, 0.717) is 21.8 Å². The van der Waals surface area contributed by atoms with Gasteiger partial charge < -0.3 is 4.74 Å². The Balaban J connectivity index is 1.77. The Morgan fingerprint density at radius 1 is 1.14 bits per heavy atom. The molecule has 3 aromatic rings. The first kappa shape index (κ1) is 20.0. The standard InChI is InChI=1S/C21H15N3O4S/c1-28-18-9-4-14(5-10-18)19-11-6-16(12-22)21(23-19)29-13-20(25)15-2-7-17(8-3-15)24(26)27/h2-11H,13H2,1H3. The van der Waals surface area contributed by atoms with E-state index in [1.54, 1.807) is 19.2 Å². The number of ketones is 1. The minimum Gasteiger partial charge on any atom is -0.497 e. The van der Waals surface area contributed by atoms with Crippen molar-refractivity contribution in [2.45, 2.75) is 5.03 Å². The van der Waals surface area contributed by atoms with Crippen LogP contribution in [-0.2, 0) is 0 Å². The molecular formula is C21H15N3O4S. The van der Waals surface area contributed by atoms with Crippen LogP contribution in [0.1, 0.15) is 15.9 Å². The van der Waals surface area contributed by atoms with Gasteiger partial charge in [0.1, 0.15) is 16.8 Å². The Labute approximate surface area is 171 Å². The van der Waals surface area contributed by atoms with Crippen molar-refractivity contribution in [2.24, 2.45) is 0 Å². The van der Waals surface area contributed by atoms with Gasteiger partial charge in [-0.2, -0.15) is 5.26 Å². The van der Waals surface area contributed by atoms with Crippen LogP contribution in [0.5, 0.6) is 5.75 Å². The zero-order valence-electron chi connectivity index (χ0n) is 15.4. The molecule has 3 rings (SSSR count). The van der Waals surface area contributed by atoms with Gasteiger partial charge in [-0.05, 0) is 48.5 Å². The van der Waals surface area contributed by atoms with Crippen LogP contribution in [0.15, 0.2) is 65.7 Å². The van der Waals surface area contributed by atoms with E-state index >= 15 is 0 Å². The number of nitriles is 1. The first-order chi connectivity index (χ1) is 14.0. The summed E-state index contributed by atoms with van der Waals surface area (Å²) in [6.07, 6.45) is 0. The summed E-state index contributed by atoms with van der Waals surface area (Å²) in [5, 5.41) is 20.5. The lowest BCUT2D eigenvalue weighted by Gasteiger charge is -2.07. The summed E-state index contributed by atoms with van der Waals surface area (Å²) >= 11 is 1.16. The number of thioether (sulfide) groups is 1. The second kappa shape index (κ2) is 8.99. The van der Waals surface area contributed by atoms with Crippen molar-refractivity contribution in [1.82, 2.24) is 4.98 Å². The average Bonchev–Trinajstić information content (AvgIpc) is 2.77. The monoisotopic (exact) mass is 405 g/mol. The lowest BCUT2D eigenvalue weighted by molar-refractivity contribution is -0.384. The molecule has 0 aliphatic carbocycles. The molecule has 0 aliphatic heterocycles. The van der Waals surface area contributed by atoms with Crippen LogP contribution < -0.4 is 4.74 Å². The Hall–Kier alpha value is -3.70. The number of aromatic nitrogens is 1. The van der Waals surface area contributed by atoms with Crippen molar-refractivity contribution in [3.05, 3.63) is 81.9 Å². The highest BCUT2D eigenvalue weighted by atomic mass is 32.2. The van der Waals surface area contributed by atoms with Gasteiger partial charge in [0.25, 0.3) is 5.69 Å². The number of nitro groups is 1. The minimum absolute atomic E-state index is 0.0611. The molecular weight excluding hydrogens is 390 g/mol. The molecule has 0 aliphatic rings. The molecule has 0 fully saturated rings. The van der Waals surface area contributed by atoms with Crippen LogP contribution in [0.25, 0.3) is 11.3 Å². The SMILES string of the molecule is COc1ccc(-c2ccc(C#N)c(SCC(=O)c3ccc([N+](=O)[O-])cc3)n2)cc1. The van der Waals surface area contributed by atoms with Crippen LogP contribution in [0, 0.1) is 21.4 Å². The van der Waals surface area contributed by atoms with Gasteiger partial charge in [0.05, 0.1) is 29.0 Å². The quantitative estimate of drug-likeness (QED) is 0.246. The summed E-state index contributed by atoms with van der Waals surface area (Å²) in [5.41, 5.74) is 2.21. The fourth-order valence-electron chi connectivity index (χ4n) is 2.54. The Morgan fingerprint density at radius 2 is 1.83 bits per heavy atom. The topological polar surface area (TPSA) is 106 Å². The Morgan fingerprint density at radius 3 is 2.41 bits per heavy atom. The molecule has 0 N–H and O–H groups in total. The van der Waals surface area contributed by atoms with Gasteiger partial charge >= 0.3 is 0 Å². The number of pyridine rings is 1. The summed E-state index contributed by atoms with van der Waals surface area (Å²) in [4.78, 5) is 27.1. The summed E-state index contributed by atoms with van der Waals surface area (Å²) in [5.74, 6) is 0.585. The van der Waals surface area contributed by atoms with E-state index < -0.39 is 4.92 Å². The maximum Gasteiger partial charge on any atom is 0.269 e. The molecule has 0 saturated heterocycles. The average molecular weight is 405 g/mol. The maximum atomic E-state index is 12.4. The Bertz CT molecular complexity index is 1090. The second-order valence-electron chi connectivity index (χ2n) is 5.91. The first-order valence-corrected chi connectivity index (χ1v) is 9.46. The number of nitrogens with zero attached hydrogens (tertiary/aromatic N) is 3. The van der Waals surface area contributed by atoms with Gasteiger partial charge in [-0.15, -0.1) is 0 Å². The zero-order chi connectivity index (χ0) is 20.8. The van der Waals surface area contributed by atoms with Crippen LogP contribution in [0.2, 0.25) is 0 Å². The normalized spacial score (nSPS) is 10.2. The van der Waals surface area contributed by atoms with Gasteiger partial charge in [0.15, 0.2) is 5.78 Å². The number of benzene rings is 2. The molecule has 0 bridgehead atoms. The van der Waals surface area contributed by atoms with Crippen molar-refractivity contribution in [1.29, 1.82) is 5.26 Å². The fraction of sp³-hybridized carbons (Fsp3) is 0.0952. The largest absolute Gasteiger partial charge is 0.497 e. The van der Waals surface area contributed by atoms with E-state index in [9.17, 15) is 20.2 Å². The van der Waals surface area contributed by atoms with Crippen molar-refractivity contribution in [2.75, 3.05) is 12.9 Å². The maximum absolute atomic E-state index is 12.4. The summed E-state index contributed by atoms with van der Waals surface area (Å²) in [6.45, 7) is 0. The molecule has 0 unspecified atom stereocenters. The number of hydrogen-bond acceptors (Lipinski definition) is 7. The zero-order valence-corrected chi connectivity index (χ0v) is 16.2. The van der Waals surface area contributed by atoms with Gasteiger partial charge in [0, 0.05) is 23.3 Å². The number of ether oxygens (including phenoxy) is 1. The summed E-state index contributed by atoms with van der Waals surface area (Å²) in [7, 11) is 1.59. The molecule has 0 spiro atoms. The predicted molar refractivity (Wildman–Crippen MR) is 109 cm³/mol. The van der Waals surface area contributed by atoms with Gasteiger partial charge in [0.2, 0.25) is 0 Å². The third kappa shape index (κ3) is 4.78. The fourth-order valence-corrected chi connectivity index (χ4v) is 3.41. The highest BCUT2D eigenvalue weighted by Crippen LogP contribution is 2.27. The first-order valence-electron chi connectivity index (χ1n) is 8.48. The van der Waals surface area contributed by atoms with Gasteiger partial charge in [-0.3, -0.25) is 14.9 Å². The molecule has 29 heavy (non-hydrogen) atoms. The van der Waals surface area contributed by atoms with E-state index in [1.807, 2.05) is 24.3 Å². The van der Waals surface area contributed by atoms with E-state index in [0.717, 1.165) is 23.1 Å². The molecule has 7 nitrogen and oxygen atoms in total. The molecule has 0 amide bonds. The van der Waals surface area contributed by atoms with E-state index in [4.69, 9.17) is 4.74 Å². The summed E-state index contributed by atoms with van der Waals surface area (Å²) < 4.78 is 5.15. The molecule has 1 aromatic heterocycles. The van der Waals surface area contributed by atoms with E-state index in [2.05, 4.69) is 11.1 Å². The third-order valence-corrected chi connectivity index (χ3v) is 5.10. The van der Waals surface area contributed by atoms with Crippen LogP contribution in [0.4, 0.5) is 5.69 Å². The lowest BCUT2D eigenvalue weighted by atomic mass is 10.1. The molecule has 2 aromatic carbocycles. The molecule has 0 radical (unpaired) electrons. The van der Waals surface area contributed by atoms with E-state index in [1.165, 1.54) is 24.3 Å². The van der Waals surface area contributed by atoms with Crippen molar-refractivity contribution >= 4 is 23.2 Å². The Kier molecular flexibility index (Phi) is 6.22. The van der Waals surface area contributed by atoms with Gasteiger partial charge in [-0.25, -0.2) is 4.98 Å². The lowest BCUT2D eigenvalue weighted by Crippen LogP contribution is -2.03. The second-order valence-corrected chi connectivity index (χ2v) is 6.87. The molecule has 8 heteroatoms. The van der Waals surface area contributed by atoms with Gasteiger partial charge in [-0.1, -0.05) is 11.8 Å². The number of carbonyl (C=O) groups is 1. The number of carbonyl (C=O) groups excluding carboxylic acids is 1. The molecule has 144 valence electrons. The molecule has 1 heterocycles. The number of rotatable bonds is 7. The third-order valence-electron chi connectivity index (χ3n) is 4.11. The molecule has 0 saturated carbocycles. The van der Waals surface area contributed by atoms with E-state index in [-0.39, 0.29) is 17.2 Å². The van der Waals surface area contributed by atoms with Crippen molar-refractivity contribution in [3.63, 3.8) is 0 Å². The highest BCUT2D eigenvalue weighted by Gasteiger charge is 2.13. The minimum atomic E-state index is -0.517. The molecule has 0 atom stereocenters. The number of Topliss-reactive ketones (excluding diaryl/α,β-unsaturated/α-hetero) is 1. The number of methoxy groups -OCH3 is 1. The summed E-state index contributed by atoms with van der Waals surface area (Å²) in [6, 6.07) is 18.3. The van der Waals surface area contributed by atoms with Crippen molar-refractivity contribution < 1.29 is 14.5 Å². The van der Waals surface area contributed by atoms with Crippen LogP contribution >= 0.6 is 11.8 Å². The van der Waals surface area contributed by atoms with Crippen LogP contribution in [0.3, 0.4) is 0 Å². The van der Waals surface area contributed by atoms with Crippen LogP contribution in [-0.4, -0.2) is 28.6 Å². The number of hydrogen-bond donors (Lipinski definition) is 0. The predicted octanol–water partition coefficient (Wildman–Crippen LogP) is 4.51.